The Morgan fingerprint density at radius 3 is 2.61 bits per heavy atom. The fourth-order valence-electron chi connectivity index (χ4n) is 2.52. The molecule has 1 aromatic carbocycles. The van der Waals surface area contributed by atoms with Gasteiger partial charge >= 0.3 is 0 Å². The van der Waals surface area contributed by atoms with Crippen molar-refractivity contribution >= 4 is 17.5 Å². The van der Waals surface area contributed by atoms with E-state index in [1.54, 1.807) is 18.3 Å². The molecule has 2 aromatic heterocycles. The number of amides is 1. The predicted molar refractivity (Wildman–Crippen MR) is 89.8 cm³/mol. The fraction of sp³-hybridized carbons (Fsp3) is 0.118. The van der Waals surface area contributed by atoms with Crippen LogP contribution in [0.1, 0.15) is 21.7 Å². The number of hydrogen-bond acceptors (Lipinski definition) is 3. The highest BCUT2D eigenvalue weighted by molar-refractivity contribution is 6.30. The highest BCUT2D eigenvalue weighted by Gasteiger charge is 2.13. The summed E-state index contributed by atoms with van der Waals surface area (Å²) < 4.78 is 1.83. The number of aromatic nitrogens is 3. The number of carbonyl (C=O) groups excluding carboxylic acids is 1. The molecular formula is C17H15ClN4O. The van der Waals surface area contributed by atoms with E-state index in [1.165, 1.54) is 6.20 Å². The van der Waals surface area contributed by atoms with Crippen molar-refractivity contribution in [1.29, 1.82) is 0 Å². The quantitative estimate of drug-likeness (QED) is 0.802. The second kappa shape index (κ2) is 5.85. The molecule has 3 rings (SSSR count). The lowest BCUT2D eigenvalue weighted by Gasteiger charge is -2.12. The predicted octanol–water partition coefficient (Wildman–Crippen LogP) is 3.30. The van der Waals surface area contributed by atoms with Crippen LogP contribution in [-0.4, -0.2) is 20.7 Å². The summed E-state index contributed by atoms with van der Waals surface area (Å²) in [5.41, 5.74) is 10.1. The Hall–Kier alpha value is -2.66. The fourth-order valence-corrected chi connectivity index (χ4v) is 2.69. The molecule has 0 aliphatic carbocycles. The van der Waals surface area contributed by atoms with Crippen LogP contribution >= 0.6 is 11.6 Å². The minimum Gasteiger partial charge on any atom is -0.366 e. The van der Waals surface area contributed by atoms with E-state index in [1.807, 2.05) is 36.7 Å². The van der Waals surface area contributed by atoms with Crippen LogP contribution in [-0.2, 0) is 0 Å². The van der Waals surface area contributed by atoms with Gasteiger partial charge in [0.25, 0.3) is 0 Å². The third-order valence-electron chi connectivity index (χ3n) is 3.53. The monoisotopic (exact) mass is 326 g/mol. The van der Waals surface area contributed by atoms with Crippen molar-refractivity contribution in [3.8, 4) is 16.8 Å². The van der Waals surface area contributed by atoms with Crippen molar-refractivity contribution in [1.82, 2.24) is 14.8 Å². The van der Waals surface area contributed by atoms with Crippen molar-refractivity contribution in [2.24, 2.45) is 5.73 Å². The topological polar surface area (TPSA) is 73.8 Å². The third-order valence-corrected chi connectivity index (χ3v) is 3.77. The van der Waals surface area contributed by atoms with Crippen LogP contribution in [0.2, 0.25) is 5.02 Å². The summed E-state index contributed by atoms with van der Waals surface area (Å²) in [6, 6.07) is 9.22. The summed E-state index contributed by atoms with van der Waals surface area (Å²) in [5, 5.41) is 5.12. The summed E-state index contributed by atoms with van der Waals surface area (Å²) in [5.74, 6) is -0.513. The van der Waals surface area contributed by atoms with Crippen molar-refractivity contribution in [2.45, 2.75) is 13.8 Å². The van der Waals surface area contributed by atoms with Crippen LogP contribution in [0.5, 0.6) is 0 Å². The van der Waals surface area contributed by atoms with Crippen LogP contribution in [0.25, 0.3) is 16.8 Å². The molecule has 2 N–H and O–H groups in total. The number of benzene rings is 1. The average Bonchev–Trinajstić information content (AvgIpc) is 2.86. The van der Waals surface area contributed by atoms with E-state index in [4.69, 9.17) is 17.3 Å². The number of carbonyl (C=O) groups is 1. The van der Waals surface area contributed by atoms with Gasteiger partial charge in [0.15, 0.2) is 0 Å². The van der Waals surface area contributed by atoms with Gasteiger partial charge < -0.3 is 5.73 Å². The Bertz CT molecular complexity index is 901. The van der Waals surface area contributed by atoms with E-state index in [0.29, 0.717) is 10.6 Å². The number of halogens is 1. The molecular weight excluding hydrogens is 312 g/mol. The molecule has 116 valence electrons. The summed E-state index contributed by atoms with van der Waals surface area (Å²) in [7, 11) is 0. The van der Waals surface area contributed by atoms with Crippen LogP contribution < -0.4 is 5.73 Å². The lowest BCUT2D eigenvalue weighted by Crippen LogP contribution is -2.11. The van der Waals surface area contributed by atoms with Crippen LogP contribution in [0, 0.1) is 13.8 Å². The standard InChI is InChI=1S/C17H15ClN4O/c1-10-5-11(2)22(21-10)16-7-14(18)3-4-15(16)12-6-13(17(19)23)9-20-8-12/h3-9H,1-2H3,(H2,19,23). The Morgan fingerprint density at radius 2 is 1.96 bits per heavy atom. The molecule has 0 fully saturated rings. The van der Waals surface area contributed by atoms with E-state index in [2.05, 4.69) is 10.1 Å². The van der Waals surface area contributed by atoms with Gasteiger partial charge in [-0.15, -0.1) is 0 Å². The van der Waals surface area contributed by atoms with Gasteiger partial charge in [-0.25, -0.2) is 4.68 Å². The Labute approximate surface area is 138 Å². The minimum absolute atomic E-state index is 0.358. The normalized spacial score (nSPS) is 10.7. The first kappa shape index (κ1) is 15.2. The first-order chi connectivity index (χ1) is 11.0. The highest BCUT2D eigenvalue weighted by atomic mass is 35.5. The number of pyridine rings is 1. The number of aryl methyl sites for hydroxylation is 2. The lowest BCUT2D eigenvalue weighted by atomic mass is 10.0. The van der Waals surface area contributed by atoms with E-state index < -0.39 is 5.91 Å². The average molecular weight is 327 g/mol. The molecule has 3 aromatic rings. The Morgan fingerprint density at radius 1 is 1.17 bits per heavy atom. The summed E-state index contributed by atoms with van der Waals surface area (Å²) >= 11 is 6.16. The van der Waals surface area contributed by atoms with Crippen LogP contribution in [0.3, 0.4) is 0 Å². The summed E-state index contributed by atoms with van der Waals surface area (Å²) in [4.78, 5) is 15.5. The molecule has 0 bridgehead atoms. The SMILES string of the molecule is Cc1cc(C)n(-c2cc(Cl)ccc2-c2cncc(C(N)=O)c2)n1. The molecule has 0 spiro atoms. The molecule has 2 heterocycles. The second-order valence-corrected chi connectivity index (χ2v) is 5.76. The number of nitrogens with two attached hydrogens (primary N) is 1. The van der Waals surface area contributed by atoms with E-state index in [0.717, 1.165) is 28.2 Å². The van der Waals surface area contributed by atoms with Gasteiger partial charge in [-0.1, -0.05) is 17.7 Å². The molecule has 0 aliphatic rings. The smallest absolute Gasteiger partial charge is 0.250 e. The molecule has 6 heteroatoms. The highest BCUT2D eigenvalue weighted by Crippen LogP contribution is 2.30. The number of nitrogens with zero attached hydrogens (tertiary/aromatic N) is 3. The molecule has 1 amide bonds. The number of hydrogen-bond donors (Lipinski definition) is 1. The second-order valence-electron chi connectivity index (χ2n) is 5.33. The largest absolute Gasteiger partial charge is 0.366 e. The molecule has 0 radical (unpaired) electrons. The zero-order valence-electron chi connectivity index (χ0n) is 12.7. The molecule has 0 unspecified atom stereocenters. The summed E-state index contributed by atoms with van der Waals surface area (Å²) in [6.45, 7) is 3.91. The maximum atomic E-state index is 11.4. The van der Waals surface area contributed by atoms with E-state index in [9.17, 15) is 4.79 Å². The van der Waals surface area contributed by atoms with E-state index >= 15 is 0 Å². The van der Waals surface area contributed by atoms with Crippen molar-refractivity contribution < 1.29 is 4.79 Å². The lowest BCUT2D eigenvalue weighted by molar-refractivity contribution is 0.1000. The molecule has 5 nitrogen and oxygen atoms in total. The number of rotatable bonds is 3. The zero-order valence-corrected chi connectivity index (χ0v) is 13.5. The molecule has 0 saturated heterocycles. The van der Waals surface area contributed by atoms with Gasteiger partial charge in [-0.2, -0.15) is 5.10 Å². The van der Waals surface area contributed by atoms with Crippen molar-refractivity contribution in [3.63, 3.8) is 0 Å². The third kappa shape index (κ3) is 2.96. The van der Waals surface area contributed by atoms with Gasteiger partial charge in [0.05, 0.1) is 16.9 Å². The molecule has 0 atom stereocenters. The molecule has 0 aliphatic heterocycles. The van der Waals surface area contributed by atoms with Gasteiger partial charge in [0, 0.05) is 34.2 Å². The van der Waals surface area contributed by atoms with Crippen molar-refractivity contribution in [2.75, 3.05) is 0 Å². The van der Waals surface area contributed by atoms with Gasteiger partial charge in [0.1, 0.15) is 0 Å². The van der Waals surface area contributed by atoms with Gasteiger partial charge in [-0.3, -0.25) is 9.78 Å². The first-order valence-corrected chi connectivity index (χ1v) is 7.42. The number of primary amides is 1. The minimum atomic E-state index is -0.513. The molecule has 23 heavy (non-hydrogen) atoms. The summed E-state index contributed by atoms with van der Waals surface area (Å²) in [6.07, 6.45) is 3.13. The maximum Gasteiger partial charge on any atom is 0.250 e. The van der Waals surface area contributed by atoms with Crippen LogP contribution in [0.4, 0.5) is 0 Å². The van der Waals surface area contributed by atoms with E-state index in [-0.39, 0.29) is 0 Å². The van der Waals surface area contributed by atoms with Gasteiger partial charge in [-0.05, 0) is 38.1 Å². The zero-order chi connectivity index (χ0) is 16.6. The molecule has 0 saturated carbocycles. The Balaban J connectivity index is 2.23. The van der Waals surface area contributed by atoms with Gasteiger partial charge in [0.2, 0.25) is 5.91 Å². The van der Waals surface area contributed by atoms with Crippen LogP contribution in [0.15, 0.2) is 42.7 Å². The first-order valence-electron chi connectivity index (χ1n) is 7.04. The Kier molecular flexibility index (Phi) is 3.88. The maximum absolute atomic E-state index is 11.4. The van der Waals surface area contributed by atoms with Crippen molar-refractivity contribution in [3.05, 3.63) is 64.7 Å².